The van der Waals surface area contributed by atoms with Crippen molar-refractivity contribution in [3.8, 4) is 0 Å². The van der Waals surface area contributed by atoms with Gasteiger partial charge in [0.2, 0.25) is 0 Å². The van der Waals surface area contributed by atoms with Gasteiger partial charge in [0.25, 0.3) is 0 Å². The minimum Gasteiger partial charge on any atom is -0.0841 e. The summed E-state index contributed by atoms with van der Waals surface area (Å²) in [5, 5.41) is 0. The van der Waals surface area contributed by atoms with Crippen LogP contribution in [-0.4, -0.2) is 0 Å². The highest BCUT2D eigenvalue weighted by Gasteiger charge is 1.82. The van der Waals surface area contributed by atoms with Crippen molar-refractivity contribution in [2.75, 3.05) is 0 Å². The van der Waals surface area contributed by atoms with Gasteiger partial charge in [0.15, 0.2) is 0 Å². The standard InChI is InChI=1S/C20H19/c1(3-7-13-19-15-9-5-10-16-19)2-4-8-14-20-17-11-6-12-18-20/h1-3,5-18H,4H2/b2-1+,13-7+,14-8+. The molecule has 0 N–H and O–H groups in total. The highest BCUT2D eigenvalue weighted by atomic mass is 13.9. The van der Waals surface area contributed by atoms with Gasteiger partial charge in [-0.2, -0.15) is 0 Å². The fourth-order valence-electron chi connectivity index (χ4n) is 1.80. The number of allylic oxidation sites excluding steroid dienone is 4. The Morgan fingerprint density at radius 1 is 0.600 bits per heavy atom. The van der Waals surface area contributed by atoms with Crippen LogP contribution in [0.5, 0.6) is 0 Å². The predicted octanol–water partition coefficient (Wildman–Crippen LogP) is 5.56. The van der Waals surface area contributed by atoms with Gasteiger partial charge in [-0.05, 0) is 17.5 Å². The van der Waals surface area contributed by atoms with Crippen molar-refractivity contribution in [1.29, 1.82) is 0 Å². The fraction of sp³-hybridized carbons (Fsp3) is 0.0500. The van der Waals surface area contributed by atoms with E-state index in [1.165, 1.54) is 11.1 Å². The zero-order valence-corrected chi connectivity index (χ0v) is 11.5. The Hall–Kier alpha value is -2.34. The minimum atomic E-state index is 0.949. The first-order chi connectivity index (χ1) is 9.95. The molecular weight excluding hydrogens is 240 g/mol. The van der Waals surface area contributed by atoms with Gasteiger partial charge >= 0.3 is 0 Å². The first-order valence-electron chi connectivity index (χ1n) is 6.88. The van der Waals surface area contributed by atoms with Crippen LogP contribution in [0.25, 0.3) is 12.2 Å². The molecule has 1 radical (unpaired) electrons. The zero-order chi connectivity index (χ0) is 13.9. The molecule has 20 heavy (non-hydrogen) atoms. The van der Waals surface area contributed by atoms with Crippen LogP contribution in [0.15, 0.2) is 85.0 Å². The Kier molecular flexibility index (Phi) is 6.13. The van der Waals surface area contributed by atoms with E-state index < -0.39 is 0 Å². The van der Waals surface area contributed by atoms with E-state index in [1.807, 2.05) is 24.3 Å². The number of hydrogen-bond donors (Lipinski definition) is 0. The summed E-state index contributed by atoms with van der Waals surface area (Å²) in [6.45, 7) is 0. The van der Waals surface area contributed by atoms with Crippen LogP contribution in [0.3, 0.4) is 0 Å². The van der Waals surface area contributed by atoms with Gasteiger partial charge in [0.1, 0.15) is 0 Å². The molecule has 0 unspecified atom stereocenters. The molecule has 0 bridgehead atoms. The maximum absolute atomic E-state index is 2.17. The van der Waals surface area contributed by atoms with Gasteiger partial charge in [0, 0.05) is 6.42 Å². The molecule has 2 aromatic carbocycles. The summed E-state index contributed by atoms with van der Waals surface area (Å²) in [6, 6.07) is 20.7. The molecular formula is C20H19. The lowest BCUT2D eigenvalue weighted by molar-refractivity contribution is 1.40. The molecule has 0 aliphatic heterocycles. The second-order valence-electron chi connectivity index (χ2n) is 4.44. The van der Waals surface area contributed by atoms with E-state index in [0.717, 1.165) is 6.42 Å². The fourth-order valence-corrected chi connectivity index (χ4v) is 1.80. The van der Waals surface area contributed by atoms with Crippen molar-refractivity contribution < 1.29 is 0 Å². The van der Waals surface area contributed by atoms with E-state index in [0.29, 0.717) is 0 Å². The third kappa shape index (κ3) is 5.53. The molecule has 0 nitrogen and oxygen atoms in total. The van der Waals surface area contributed by atoms with E-state index in [2.05, 4.69) is 79.3 Å². The van der Waals surface area contributed by atoms with Gasteiger partial charge < -0.3 is 0 Å². The van der Waals surface area contributed by atoms with Crippen molar-refractivity contribution in [2.24, 2.45) is 0 Å². The third-order valence-corrected chi connectivity index (χ3v) is 2.83. The van der Waals surface area contributed by atoms with Crippen LogP contribution in [0, 0.1) is 6.42 Å². The predicted molar refractivity (Wildman–Crippen MR) is 89.0 cm³/mol. The van der Waals surface area contributed by atoms with Gasteiger partial charge in [-0.25, -0.2) is 0 Å². The molecule has 0 aliphatic rings. The molecule has 0 spiro atoms. The second kappa shape index (κ2) is 8.71. The summed E-state index contributed by atoms with van der Waals surface area (Å²) in [5.74, 6) is 0. The Morgan fingerprint density at radius 3 is 1.85 bits per heavy atom. The summed E-state index contributed by atoms with van der Waals surface area (Å²) < 4.78 is 0. The monoisotopic (exact) mass is 259 g/mol. The lowest BCUT2D eigenvalue weighted by Gasteiger charge is -1.90. The van der Waals surface area contributed by atoms with Crippen LogP contribution < -0.4 is 0 Å². The lowest BCUT2D eigenvalue weighted by atomic mass is 10.2. The summed E-state index contributed by atoms with van der Waals surface area (Å²) in [4.78, 5) is 0. The number of benzene rings is 2. The molecule has 0 saturated carbocycles. The van der Waals surface area contributed by atoms with Gasteiger partial charge in [-0.15, -0.1) is 0 Å². The van der Waals surface area contributed by atoms with E-state index >= 15 is 0 Å². The van der Waals surface area contributed by atoms with Crippen molar-refractivity contribution in [3.05, 3.63) is 103 Å². The molecule has 0 amide bonds. The highest BCUT2D eigenvalue weighted by Crippen LogP contribution is 2.03. The van der Waals surface area contributed by atoms with Crippen LogP contribution in [0.1, 0.15) is 17.5 Å². The topological polar surface area (TPSA) is 0 Å². The van der Waals surface area contributed by atoms with Crippen molar-refractivity contribution in [3.63, 3.8) is 0 Å². The highest BCUT2D eigenvalue weighted by molar-refractivity contribution is 5.51. The normalized spacial score (nSPS) is 11.8. The van der Waals surface area contributed by atoms with E-state index in [4.69, 9.17) is 0 Å². The van der Waals surface area contributed by atoms with E-state index in [-0.39, 0.29) is 0 Å². The zero-order valence-electron chi connectivity index (χ0n) is 11.5. The minimum absolute atomic E-state index is 0.949. The SMILES string of the molecule is [CH](/C=C/C/C=C/c1ccccc1)/C=C/c1ccccc1. The summed E-state index contributed by atoms with van der Waals surface area (Å²) in [7, 11) is 0. The van der Waals surface area contributed by atoms with Crippen LogP contribution in [0.4, 0.5) is 0 Å². The van der Waals surface area contributed by atoms with E-state index in [1.54, 1.807) is 0 Å². The Morgan fingerprint density at radius 2 is 1.20 bits per heavy atom. The van der Waals surface area contributed by atoms with Gasteiger partial charge in [0.05, 0.1) is 0 Å². The molecule has 2 rings (SSSR count). The molecule has 0 aromatic heterocycles. The van der Waals surface area contributed by atoms with Crippen LogP contribution in [-0.2, 0) is 0 Å². The lowest BCUT2D eigenvalue weighted by Crippen LogP contribution is -1.69. The molecule has 0 heteroatoms. The average Bonchev–Trinajstić information content (AvgIpc) is 2.52. The van der Waals surface area contributed by atoms with E-state index in [9.17, 15) is 0 Å². The molecule has 0 heterocycles. The average molecular weight is 259 g/mol. The maximum Gasteiger partial charge on any atom is 0.00477 e. The van der Waals surface area contributed by atoms with Crippen molar-refractivity contribution >= 4 is 12.2 Å². The summed E-state index contributed by atoms with van der Waals surface area (Å²) in [5.41, 5.74) is 2.47. The van der Waals surface area contributed by atoms with Crippen LogP contribution in [0.2, 0.25) is 0 Å². The Labute approximate surface area is 121 Å². The largest absolute Gasteiger partial charge is 0.0841 e. The number of rotatable bonds is 6. The van der Waals surface area contributed by atoms with Crippen molar-refractivity contribution in [1.82, 2.24) is 0 Å². The first-order valence-corrected chi connectivity index (χ1v) is 6.88. The second-order valence-corrected chi connectivity index (χ2v) is 4.44. The maximum atomic E-state index is 2.17. The van der Waals surface area contributed by atoms with Crippen molar-refractivity contribution in [2.45, 2.75) is 6.42 Å². The molecule has 0 saturated heterocycles. The molecule has 99 valence electrons. The molecule has 0 fully saturated rings. The third-order valence-electron chi connectivity index (χ3n) is 2.83. The summed E-state index contributed by atoms with van der Waals surface area (Å²) in [6.07, 6.45) is 15.7. The quantitative estimate of drug-likeness (QED) is 0.636. The molecule has 0 aliphatic carbocycles. The Bertz CT molecular complexity index is 506. The Balaban J connectivity index is 1.67. The molecule has 0 atom stereocenters. The first kappa shape index (κ1) is 14.1. The van der Waals surface area contributed by atoms with Gasteiger partial charge in [-0.1, -0.05) is 97.1 Å². The van der Waals surface area contributed by atoms with Crippen LogP contribution >= 0.6 is 0 Å². The number of hydrogen-bond acceptors (Lipinski definition) is 0. The van der Waals surface area contributed by atoms with Gasteiger partial charge in [-0.3, -0.25) is 0 Å². The molecule has 2 aromatic rings. The summed E-state index contributed by atoms with van der Waals surface area (Å²) >= 11 is 0. The smallest absolute Gasteiger partial charge is 0.00477 e.